The van der Waals surface area contributed by atoms with Crippen molar-refractivity contribution in [2.45, 2.75) is 0 Å². The van der Waals surface area contributed by atoms with Crippen molar-refractivity contribution in [3.63, 3.8) is 0 Å². The van der Waals surface area contributed by atoms with Crippen molar-refractivity contribution in [3.8, 4) is 0 Å². The molecule has 0 amide bonds. The largest absolute Gasteiger partial charge is 0.409 e. The molecule has 7 heteroatoms. The van der Waals surface area contributed by atoms with Crippen LogP contribution in [-0.2, 0) is 0 Å². The summed E-state index contributed by atoms with van der Waals surface area (Å²) in [5, 5.41) is 18.4. The topological polar surface area (TPSA) is 101 Å². The minimum absolute atomic E-state index is 0.0940. The molecule has 1 aromatic rings. The highest BCUT2D eigenvalue weighted by molar-refractivity contribution is 5.99. The molecule has 66 valence electrons. The van der Waals surface area contributed by atoms with Crippen LogP contribution in [0.4, 0.5) is 5.82 Å². The quantitative estimate of drug-likeness (QED) is 0.252. The SMILES string of the molecule is CN(C)/C(=N\O)c1nonc1N. The first-order valence-corrected chi connectivity index (χ1v) is 3.14. The van der Waals surface area contributed by atoms with Crippen molar-refractivity contribution in [2.75, 3.05) is 19.8 Å². The van der Waals surface area contributed by atoms with E-state index in [0.29, 0.717) is 0 Å². The maximum absolute atomic E-state index is 8.57. The minimum Gasteiger partial charge on any atom is -0.409 e. The molecular formula is C5H9N5O2. The summed E-state index contributed by atoms with van der Waals surface area (Å²) in [6.07, 6.45) is 0. The van der Waals surface area contributed by atoms with Gasteiger partial charge in [0.15, 0.2) is 11.5 Å². The van der Waals surface area contributed by atoms with Crippen LogP contribution in [0.3, 0.4) is 0 Å². The third-order valence-electron chi connectivity index (χ3n) is 1.24. The van der Waals surface area contributed by atoms with Crippen molar-refractivity contribution in [1.29, 1.82) is 0 Å². The zero-order chi connectivity index (χ0) is 9.14. The summed E-state index contributed by atoms with van der Waals surface area (Å²) in [6.45, 7) is 0. The number of nitrogens with two attached hydrogens (primary N) is 1. The number of amidine groups is 1. The summed E-state index contributed by atoms with van der Waals surface area (Å²) in [6, 6.07) is 0. The average molecular weight is 171 g/mol. The number of hydrogen-bond acceptors (Lipinski definition) is 6. The maximum atomic E-state index is 8.57. The third kappa shape index (κ3) is 1.29. The highest BCUT2D eigenvalue weighted by Gasteiger charge is 2.15. The fraction of sp³-hybridized carbons (Fsp3) is 0.400. The molecule has 0 unspecified atom stereocenters. The van der Waals surface area contributed by atoms with Crippen molar-refractivity contribution in [1.82, 2.24) is 15.2 Å². The second-order valence-electron chi connectivity index (χ2n) is 2.32. The van der Waals surface area contributed by atoms with E-state index in [0.717, 1.165) is 0 Å². The second-order valence-corrected chi connectivity index (χ2v) is 2.32. The van der Waals surface area contributed by atoms with E-state index in [9.17, 15) is 0 Å². The van der Waals surface area contributed by atoms with Gasteiger partial charge in [-0.05, 0) is 10.3 Å². The summed E-state index contributed by atoms with van der Waals surface area (Å²) < 4.78 is 4.33. The summed E-state index contributed by atoms with van der Waals surface area (Å²) in [5.74, 6) is 0.297. The van der Waals surface area contributed by atoms with Crippen molar-refractivity contribution >= 4 is 11.7 Å². The van der Waals surface area contributed by atoms with Crippen LogP contribution >= 0.6 is 0 Å². The fourth-order valence-electron chi connectivity index (χ4n) is 0.699. The molecule has 0 saturated carbocycles. The number of rotatable bonds is 1. The smallest absolute Gasteiger partial charge is 0.200 e. The lowest BCUT2D eigenvalue weighted by atomic mass is 10.4. The zero-order valence-corrected chi connectivity index (χ0v) is 6.72. The predicted octanol–water partition coefficient (Wildman–Crippen LogP) is -0.651. The monoisotopic (exact) mass is 171 g/mol. The van der Waals surface area contributed by atoms with Crippen LogP contribution in [0.5, 0.6) is 0 Å². The van der Waals surface area contributed by atoms with Crippen LogP contribution in [0.2, 0.25) is 0 Å². The summed E-state index contributed by atoms with van der Waals surface area (Å²) >= 11 is 0. The third-order valence-corrected chi connectivity index (χ3v) is 1.24. The Kier molecular flexibility index (Phi) is 2.13. The molecule has 1 heterocycles. The van der Waals surface area contributed by atoms with Crippen LogP contribution in [0.25, 0.3) is 0 Å². The predicted molar refractivity (Wildman–Crippen MR) is 40.7 cm³/mol. The molecule has 0 aliphatic heterocycles. The molecule has 1 aromatic heterocycles. The normalized spacial score (nSPS) is 11.7. The molecule has 0 aliphatic rings. The first kappa shape index (κ1) is 8.31. The van der Waals surface area contributed by atoms with Crippen LogP contribution in [0.15, 0.2) is 9.78 Å². The minimum atomic E-state index is 0.0940. The van der Waals surface area contributed by atoms with Gasteiger partial charge in [-0.1, -0.05) is 5.16 Å². The van der Waals surface area contributed by atoms with Gasteiger partial charge >= 0.3 is 0 Å². The number of anilines is 1. The first-order valence-electron chi connectivity index (χ1n) is 3.14. The average Bonchev–Trinajstić information content (AvgIpc) is 2.38. The summed E-state index contributed by atoms with van der Waals surface area (Å²) in [4.78, 5) is 1.54. The van der Waals surface area contributed by atoms with Crippen molar-refractivity contribution < 1.29 is 9.84 Å². The van der Waals surface area contributed by atoms with E-state index >= 15 is 0 Å². The molecule has 12 heavy (non-hydrogen) atoms. The lowest BCUT2D eigenvalue weighted by molar-refractivity contribution is 0.300. The summed E-state index contributed by atoms with van der Waals surface area (Å²) in [5.41, 5.74) is 5.59. The number of hydrogen-bond donors (Lipinski definition) is 2. The molecule has 0 aromatic carbocycles. The maximum Gasteiger partial charge on any atom is 0.200 e. The first-order chi connectivity index (χ1) is 5.66. The Labute approximate surface area is 68.4 Å². The van der Waals surface area contributed by atoms with Crippen molar-refractivity contribution in [3.05, 3.63) is 5.69 Å². The number of aromatic nitrogens is 2. The Morgan fingerprint density at radius 2 is 2.25 bits per heavy atom. The number of oxime groups is 1. The Bertz CT molecular complexity index is 292. The van der Waals surface area contributed by atoms with E-state index in [1.165, 1.54) is 4.90 Å². The van der Waals surface area contributed by atoms with Gasteiger partial charge in [-0.2, -0.15) is 0 Å². The Morgan fingerprint density at radius 1 is 1.58 bits per heavy atom. The van der Waals surface area contributed by atoms with E-state index < -0.39 is 0 Å². The Hall–Kier alpha value is -1.79. The Morgan fingerprint density at radius 3 is 2.58 bits per heavy atom. The van der Waals surface area contributed by atoms with E-state index in [4.69, 9.17) is 10.9 Å². The van der Waals surface area contributed by atoms with Gasteiger partial charge in [0.1, 0.15) is 0 Å². The molecular weight excluding hydrogens is 162 g/mol. The lowest BCUT2D eigenvalue weighted by Gasteiger charge is -2.10. The van der Waals surface area contributed by atoms with Gasteiger partial charge in [0.25, 0.3) is 0 Å². The standard InChI is InChI=1S/C5H9N5O2/c1-10(2)5(7-11)3-4(6)9-12-8-3/h11H,1-2H3,(H2,6,9)/b7-5-. The molecule has 0 spiro atoms. The van der Waals surface area contributed by atoms with Gasteiger partial charge < -0.3 is 15.8 Å². The van der Waals surface area contributed by atoms with Crippen molar-refractivity contribution in [2.24, 2.45) is 5.16 Å². The second kappa shape index (κ2) is 3.07. The molecule has 0 fully saturated rings. The lowest BCUT2D eigenvalue weighted by Crippen LogP contribution is -2.24. The van der Waals surface area contributed by atoms with Gasteiger partial charge in [0.05, 0.1) is 0 Å². The van der Waals surface area contributed by atoms with E-state index in [-0.39, 0.29) is 17.3 Å². The van der Waals surface area contributed by atoms with E-state index in [1.807, 2.05) is 0 Å². The molecule has 7 nitrogen and oxygen atoms in total. The molecule has 1 rings (SSSR count). The number of nitrogen functional groups attached to an aromatic ring is 1. The molecule has 0 atom stereocenters. The zero-order valence-electron chi connectivity index (χ0n) is 6.72. The number of nitrogens with zero attached hydrogens (tertiary/aromatic N) is 4. The highest BCUT2D eigenvalue weighted by Crippen LogP contribution is 2.06. The molecule has 0 saturated heterocycles. The van der Waals surface area contributed by atoms with Crippen LogP contribution in [-0.4, -0.2) is 40.4 Å². The van der Waals surface area contributed by atoms with Crippen LogP contribution in [0.1, 0.15) is 5.69 Å². The van der Waals surface area contributed by atoms with E-state index in [2.05, 4.69) is 20.1 Å². The van der Waals surface area contributed by atoms with E-state index in [1.54, 1.807) is 14.1 Å². The molecule has 0 bridgehead atoms. The molecule has 3 N–H and O–H groups in total. The van der Waals surface area contributed by atoms with Crippen LogP contribution in [0, 0.1) is 0 Å². The van der Waals surface area contributed by atoms with Gasteiger partial charge in [-0.25, -0.2) is 4.63 Å². The molecule has 0 radical (unpaired) electrons. The highest BCUT2D eigenvalue weighted by atomic mass is 16.6. The van der Waals surface area contributed by atoms with Gasteiger partial charge in [0, 0.05) is 14.1 Å². The molecule has 0 aliphatic carbocycles. The summed E-state index contributed by atoms with van der Waals surface area (Å²) in [7, 11) is 3.37. The fourth-order valence-corrected chi connectivity index (χ4v) is 0.699. The Balaban J connectivity index is 3.04. The van der Waals surface area contributed by atoms with Crippen LogP contribution < -0.4 is 5.73 Å². The van der Waals surface area contributed by atoms with Gasteiger partial charge in [0.2, 0.25) is 5.84 Å². The van der Waals surface area contributed by atoms with Gasteiger partial charge in [-0.15, -0.1) is 0 Å². The van der Waals surface area contributed by atoms with Gasteiger partial charge in [-0.3, -0.25) is 0 Å².